The third kappa shape index (κ3) is 5.04. The molecule has 1 rings (SSSR count). The van der Waals surface area contributed by atoms with E-state index in [-0.39, 0.29) is 18.2 Å². The highest BCUT2D eigenvalue weighted by Crippen LogP contribution is 2.28. The number of amides is 1. The lowest BCUT2D eigenvalue weighted by molar-refractivity contribution is -0.136. The molecule has 100 valence electrons. The first-order valence-corrected chi connectivity index (χ1v) is 6.52. The molecule has 0 aromatic heterocycles. The van der Waals surface area contributed by atoms with Crippen LogP contribution in [-0.4, -0.2) is 32.5 Å². The molecule has 4 heteroatoms. The fourth-order valence-corrected chi connectivity index (χ4v) is 2.53. The average molecular weight is 243 g/mol. The number of ether oxygens (including phenoxy) is 2. The van der Waals surface area contributed by atoms with Crippen LogP contribution in [0.15, 0.2) is 0 Å². The Hall–Kier alpha value is -0.610. The second kappa shape index (κ2) is 7.67. The fraction of sp³-hybridized carbons (Fsp3) is 0.923. The van der Waals surface area contributed by atoms with Crippen molar-refractivity contribution in [2.45, 2.75) is 57.8 Å². The fourth-order valence-electron chi connectivity index (χ4n) is 2.53. The molecule has 0 aliphatic heterocycles. The van der Waals surface area contributed by atoms with Crippen LogP contribution in [0.1, 0.15) is 45.4 Å². The van der Waals surface area contributed by atoms with Gasteiger partial charge < -0.3 is 14.8 Å². The molecular formula is C13H25NO3. The second-order valence-electron chi connectivity index (χ2n) is 4.89. The van der Waals surface area contributed by atoms with Gasteiger partial charge in [-0.1, -0.05) is 25.7 Å². The van der Waals surface area contributed by atoms with E-state index in [0.29, 0.717) is 6.42 Å². The Morgan fingerprint density at radius 1 is 1.29 bits per heavy atom. The summed E-state index contributed by atoms with van der Waals surface area (Å²) in [6.07, 6.45) is 6.52. The number of carbonyl (C=O) groups excluding carboxylic acids is 1. The van der Waals surface area contributed by atoms with Crippen molar-refractivity contribution in [1.29, 1.82) is 0 Å². The van der Waals surface area contributed by atoms with Crippen LogP contribution >= 0.6 is 0 Å². The number of methoxy groups -OCH3 is 2. The van der Waals surface area contributed by atoms with Gasteiger partial charge in [0.05, 0.1) is 6.04 Å². The van der Waals surface area contributed by atoms with Crippen molar-refractivity contribution < 1.29 is 14.3 Å². The first kappa shape index (κ1) is 14.5. The minimum Gasteiger partial charge on any atom is -0.354 e. The van der Waals surface area contributed by atoms with Crippen LogP contribution in [0, 0.1) is 5.92 Å². The summed E-state index contributed by atoms with van der Waals surface area (Å²) in [7, 11) is 3.16. The van der Waals surface area contributed by atoms with Gasteiger partial charge in [-0.25, -0.2) is 0 Å². The standard InChI is InChI=1S/C13H25NO3/c1-10(13(16-2)17-3)14-12(15)9-8-11-6-4-5-7-11/h10-11,13H,4-9H2,1-3H3,(H,14,15). The molecule has 0 heterocycles. The van der Waals surface area contributed by atoms with Crippen LogP contribution in [0.4, 0.5) is 0 Å². The molecule has 1 atom stereocenters. The minimum atomic E-state index is -0.370. The van der Waals surface area contributed by atoms with E-state index in [4.69, 9.17) is 9.47 Å². The Bertz CT molecular complexity index is 223. The zero-order valence-corrected chi connectivity index (χ0v) is 11.2. The molecule has 0 aromatic carbocycles. The summed E-state index contributed by atoms with van der Waals surface area (Å²) < 4.78 is 10.2. The molecule has 0 spiro atoms. The van der Waals surface area contributed by atoms with Crippen molar-refractivity contribution in [3.63, 3.8) is 0 Å². The monoisotopic (exact) mass is 243 g/mol. The molecule has 1 N–H and O–H groups in total. The number of hydrogen-bond acceptors (Lipinski definition) is 3. The van der Waals surface area contributed by atoms with Crippen molar-refractivity contribution in [3.8, 4) is 0 Å². The van der Waals surface area contributed by atoms with E-state index in [1.165, 1.54) is 25.7 Å². The summed E-state index contributed by atoms with van der Waals surface area (Å²) in [6.45, 7) is 1.89. The topological polar surface area (TPSA) is 47.6 Å². The van der Waals surface area contributed by atoms with Gasteiger partial charge in [0.15, 0.2) is 6.29 Å². The van der Waals surface area contributed by atoms with E-state index < -0.39 is 0 Å². The molecule has 0 saturated heterocycles. The van der Waals surface area contributed by atoms with Crippen LogP contribution in [0.25, 0.3) is 0 Å². The normalized spacial score (nSPS) is 18.6. The van der Waals surface area contributed by atoms with Crippen LogP contribution < -0.4 is 5.32 Å². The Morgan fingerprint density at radius 3 is 2.41 bits per heavy atom. The Kier molecular flexibility index (Phi) is 6.52. The molecule has 0 aromatic rings. The molecule has 0 bridgehead atoms. The second-order valence-corrected chi connectivity index (χ2v) is 4.89. The van der Waals surface area contributed by atoms with E-state index in [1.54, 1.807) is 14.2 Å². The minimum absolute atomic E-state index is 0.100. The van der Waals surface area contributed by atoms with Gasteiger partial charge in [-0.3, -0.25) is 4.79 Å². The summed E-state index contributed by atoms with van der Waals surface area (Å²) >= 11 is 0. The largest absolute Gasteiger partial charge is 0.354 e. The Labute approximate surface area is 104 Å². The van der Waals surface area contributed by atoms with E-state index in [9.17, 15) is 4.79 Å². The number of carbonyl (C=O) groups is 1. The highest BCUT2D eigenvalue weighted by atomic mass is 16.7. The zero-order valence-electron chi connectivity index (χ0n) is 11.2. The maximum absolute atomic E-state index is 11.7. The van der Waals surface area contributed by atoms with Crippen LogP contribution in [0.5, 0.6) is 0 Å². The number of nitrogens with one attached hydrogen (secondary N) is 1. The summed E-state index contributed by atoms with van der Waals surface area (Å²) in [5, 5.41) is 2.92. The van der Waals surface area contributed by atoms with Crippen LogP contribution in [0.3, 0.4) is 0 Å². The highest BCUT2D eigenvalue weighted by Gasteiger charge is 2.20. The van der Waals surface area contributed by atoms with E-state index in [1.807, 2.05) is 6.92 Å². The lowest BCUT2D eigenvalue weighted by atomic mass is 10.0. The van der Waals surface area contributed by atoms with Crippen molar-refractivity contribution in [2.75, 3.05) is 14.2 Å². The Balaban J connectivity index is 2.18. The first-order valence-electron chi connectivity index (χ1n) is 6.52. The van der Waals surface area contributed by atoms with Gasteiger partial charge in [0.25, 0.3) is 0 Å². The van der Waals surface area contributed by atoms with Gasteiger partial charge in [0.1, 0.15) is 0 Å². The molecule has 4 nitrogen and oxygen atoms in total. The van der Waals surface area contributed by atoms with E-state index in [2.05, 4.69) is 5.32 Å². The third-order valence-corrected chi connectivity index (χ3v) is 3.52. The van der Waals surface area contributed by atoms with Crippen molar-refractivity contribution in [1.82, 2.24) is 5.32 Å². The molecule has 1 saturated carbocycles. The zero-order chi connectivity index (χ0) is 12.7. The van der Waals surface area contributed by atoms with Gasteiger partial charge in [0, 0.05) is 20.6 Å². The van der Waals surface area contributed by atoms with E-state index >= 15 is 0 Å². The molecule has 1 aliphatic carbocycles. The average Bonchev–Trinajstić information content (AvgIpc) is 2.81. The SMILES string of the molecule is COC(OC)C(C)NC(=O)CCC1CCCC1. The van der Waals surface area contributed by atoms with Crippen molar-refractivity contribution >= 4 is 5.91 Å². The van der Waals surface area contributed by atoms with E-state index in [0.717, 1.165) is 12.3 Å². The molecule has 17 heavy (non-hydrogen) atoms. The number of rotatable bonds is 7. The van der Waals surface area contributed by atoms with Crippen molar-refractivity contribution in [3.05, 3.63) is 0 Å². The third-order valence-electron chi connectivity index (χ3n) is 3.52. The quantitative estimate of drug-likeness (QED) is 0.696. The molecule has 1 aliphatic rings. The van der Waals surface area contributed by atoms with Gasteiger partial charge >= 0.3 is 0 Å². The lowest BCUT2D eigenvalue weighted by Gasteiger charge is -2.22. The van der Waals surface area contributed by atoms with Crippen LogP contribution in [0.2, 0.25) is 0 Å². The summed E-state index contributed by atoms with van der Waals surface area (Å²) in [5.41, 5.74) is 0. The van der Waals surface area contributed by atoms with Gasteiger partial charge in [-0.2, -0.15) is 0 Å². The van der Waals surface area contributed by atoms with Crippen molar-refractivity contribution in [2.24, 2.45) is 5.92 Å². The predicted octanol–water partition coefficient (Wildman–Crippen LogP) is 2.08. The highest BCUT2D eigenvalue weighted by molar-refractivity contribution is 5.76. The summed E-state index contributed by atoms with van der Waals surface area (Å²) in [5.74, 6) is 0.861. The number of hydrogen-bond donors (Lipinski definition) is 1. The molecule has 1 unspecified atom stereocenters. The van der Waals surface area contributed by atoms with Gasteiger partial charge in [-0.15, -0.1) is 0 Å². The van der Waals surface area contributed by atoms with Gasteiger partial charge in [0.2, 0.25) is 5.91 Å². The van der Waals surface area contributed by atoms with Crippen LogP contribution in [-0.2, 0) is 14.3 Å². The first-order chi connectivity index (χ1) is 8.17. The Morgan fingerprint density at radius 2 is 1.88 bits per heavy atom. The molecule has 1 amide bonds. The smallest absolute Gasteiger partial charge is 0.220 e. The maximum Gasteiger partial charge on any atom is 0.220 e. The summed E-state index contributed by atoms with van der Waals surface area (Å²) in [4.78, 5) is 11.7. The predicted molar refractivity (Wildman–Crippen MR) is 66.6 cm³/mol. The van der Waals surface area contributed by atoms with Gasteiger partial charge in [-0.05, 0) is 19.3 Å². The maximum atomic E-state index is 11.7. The summed E-state index contributed by atoms with van der Waals surface area (Å²) in [6, 6.07) is -0.110. The molecule has 1 fully saturated rings. The molecular weight excluding hydrogens is 218 g/mol. The lowest BCUT2D eigenvalue weighted by Crippen LogP contribution is -2.42. The molecule has 0 radical (unpaired) electrons.